The summed E-state index contributed by atoms with van der Waals surface area (Å²) in [5, 5.41) is 0.858. The number of anilines is 2. The summed E-state index contributed by atoms with van der Waals surface area (Å²) in [6, 6.07) is 6.33. The van der Waals surface area contributed by atoms with E-state index in [2.05, 4.69) is 33.2 Å². The van der Waals surface area contributed by atoms with E-state index in [-0.39, 0.29) is 5.97 Å². The minimum absolute atomic E-state index is 0.319. The lowest BCUT2D eigenvalue weighted by Crippen LogP contribution is -2.24. The highest BCUT2D eigenvalue weighted by Crippen LogP contribution is 2.46. The lowest BCUT2D eigenvalue weighted by molar-refractivity contribution is -0.138. The van der Waals surface area contributed by atoms with E-state index in [9.17, 15) is 4.79 Å². The third kappa shape index (κ3) is 4.39. The summed E-state index contributed by atoms with van der Waals surface area (Å²) in [6.45, 7) is 6.81. The molecule has 3 heterocycles. The van der Waals surface area contributed by atoms with Crippen LogP contribution in [-0.2, 0) is 20.8 Å². The Morgan fingerprint density at radius 2 is 2.03 bits per heavy atom. The lowest BCUT2D eigenvalue weighted by Gasteiger charge is -2.30. The van der Waals surface area contributed by atoms with E-state index in [1.807, 2.05) is 22.5 Å². The van der Waals surface area contributed by atoms with E-state index in [4.69, 9.17) is 9.47 Å². The number of imidazole rings is 1. The maximum Gasteiger partial charge on any atom is 0.333 e. The van der Waals surface area contributed by atoms with Crippen LogP contribution in [0.4, 0.5) is 11.5 Å². The average molecular weight is 452 g/mol. The summed E-state index contributed by atoms with van der Waals surface area (Å²) < 4.78 is 12.6. The van der Waals surface area contributed by atoms with Crippen molar-refractivity contribution in [3.8, 4) is 0 Å². The topological polar surface area (TPSA) is 82.4 Å². The molecule has 2 aromatic heterocycles. The second kappa shape index (κ2) is 9.54. The molecule has 0 spiro atoms. The minimum Gasteiger partial charge on any atom is -0.463 e. The number of fused-ring (bicyclic) bond motifs is 2. The van der Waals surface area contributed by atoms with Crippen LogP contribution in [0.15, 0.2) is 52.4 Å². The Hall–Kier alpha value is -3.17. The summed E-state index contributed by atoms with van der Waals surface area (Å²) in [6.07, 6.45) is 7.01. The van der Waals surface area contributed by atoms with Gasteiger partial charge in [0.25, 0.3) is 0 Å². The summed E-state index contributed by atoms with van der Waals surface area (Å²) in [5.41, 5.74) is 4.40. The van der Waals surface area contributed by atoms with Gasteiger partial charge in [0, 0.05) is 36.5 Å². The fraction of sp³-hybridized carbons (Fsp3) is 0.304. The zero-order valence-corrected chi connectivity index (χ0v) is 19.3. The lowest BCUT2D eigenvalue weighted by atomic mass is 10.1. The van der Waals surface area contributed by atoms with Gasteiger partial charge in [-0.25, -0.2) is 19.7 Å². The largest absolute Gasteiger partial charge is 0.463 e. The molecule has 1 aromatic carbocycles. The molecule has 0 bridgehead atoms. The van der Waals surface area contributed by atoms with Gasteiger partial charge in [-0.1, -0.05) is 17.8 Å². The molecule has 0 fully saturated rings. The molecule has 4 rings (SSSR count). The van der Waals surface area contributed by atoms with E-state index < -0.39 is 0 Å². The Morgan fingerprint density at radius 1 is 1.22 bits per heavy atom. The number of ether oxygens (including phenoxy) is 2. The SMILES string of the molecule is CCOC(=O)C(C)=Cc1c(C)ncn1Cc1ccc2c(c1)N(COC)c1nccnc1S2. The highest BCUT2D eigenvalue weighted by atomic mass is 32.2. The molecule has 0 amide bonds. The smallest absolute Gasteiger partial charge is 0.333 e. The maximum absolute atomic E-state index is 12.1. The first kappa shape index (κ1) is 22.0. The van der Waals surface area contributed by atoms with Gasteiger partial charge in [0.05, 0.1) is 30.0 Å². The molecule has 0 unspecified atom stereocenters. The predicted octanol–water partition coefficient (Wildman–Crippen LogP) is 4.20. The molecule has 0 saturated heterocycles. The number of carbonyl (C=O) groups excluding carboxylic acids is 1. The molecule has 0 aliphatic carbocycles. The monoisotopic (exact) mass is 451 g/mol. The maximum atomic E-state index is 12.1. The van der Waals surface area contributed by atoms with Crippen molar-refractivity contribution in [1.82, 2.24) is 19.5 Å². The number of rotatable bonds is 7. The van der Waals surface area contributed by atoms with Crippen molar-refractivity contribution >= 4 is 35.3 Å². The highest BCUT2D eigenvalue weighted by molar-refractivity contribution is 7.99. The molecular formula is C23H25N5O3S. The minimum atomic E-state index is -0.319. The van der Waals surface area contributed by atoms with Gasteiger partial charge >= 0.3 is 5.97 Å². The molecule has 0 N–H and O–H groups in total. The number of hydrogen-bond donors (Lipinski definition) is 0. The van der Waals surface area contributed by atoms with Crippen LogP contribution in [0.2, 0.25) is 0 Å². The first-order valence-corrected chi connectivity index (χ1v) is 11.1. The highest BCUT2D eigenvalue weighted by Gasteiger charge is 2.26. The number of methoxy groups -OCH3 is 1. The number of aryl methyl sites for hydroxylation is 1. The van der Waals surface area contributed by atoms with E-state index in [0.29, 0.717) is 25.5 Å². The van der Waals surface area contributed by atoms with E-state index in [1.165, 1.54) is 0 Å². The van der Waals surface area contributed by atoms with E-state index in [0.717, 1.165) is 38.4 Å². The third-order valence-electron chi connectivity index (χ3n) is 5.06. The molecule has 1 aliphatic rings. The molecule has 32 heavy (non-hydrogen) atoms. The van der Waals surface area contributed by atoms with Crippen molar-refractivity contribution in [1.29, 1.82) is 0 Å². The van der Waals surface area contributed by atoms with Gasteiger partial charge in [0.15, 0.2) is 5.82 Å². The second-order valence-corrected chi connectivity index (χ2v) is 8.36. The Kier molecular flexibility index (Phi) is 6.57. The van der Waals surface area contributed by atoms with Gasteiger partial charge in [0.1, 0.15) is 11.8 Å². The Balaban J connectivity index is 1.65. The molecule has 166 valence electrons. The molecule has 3 aromatic rings. The summed E-state index contributed by atoms with van der Waals surface area (Å²) >= 11 is 1.60. The summed E-state index contributed by atoms with van der Waals surface area (Å²) in [7, 11) is 1.67. The van der Waals surface area contributed by atoms with Crippen LogP contribution in [0, 0.1) is 6.92 Å². The van der Waals surface area contributed by atoms with Crippen LogP contribution >= 0.6 is 11.8 Å². The number of hydrogen-bond acceptors (Lipinski definition) is 8. The molecular weight excluding hydrogens is 426 g/mol. The average Bonchev–Trinajstić information content (AvgIpc) is 3.13. The second-order valence-electron chi connectivity index (χ2n) is 7.33. The van der Waals surface area contributed by atoms with Gasteiger partial charge in [-0.2, -0.15) is 0 Å². The predicted molar refractivity (Wildman–Crippen MR) is 123 cm³/mol. The number of aromatic nitrogens is 4. The molecule has 1 aliphatic heterocycles. The fourth-order valence-corrected chi connectivity index (χ4v) is 4.51. The molecule has 0 radical (unpaired) electrons. The Morgan fingerprint density at radius 3 is 2.81 bits per heavy atom. The van der Waals surface area contributed by atoms with Gasteiger partial charge < -0.3 is 14.0 Å². The fourth-order valence-electron chi connectivity index (χ4n) is 3.52. The summed E-state index contributed by atoms with van der Waals surface area (Å²) in [5.74, 6) is 0.469. The normalized spacial score (nSPS) is 13.0. The van der Waals surface area contributed by atoms with Crippen molar-refractivity contribution in [2.24, 2.45) is 0 Å². The van der Waals surface area contributed by atoms with Crippen molar-refractivity contribution in [3.05, 3.63) is 59.4 Å². The van der Waals surface area contributed by atoms with Crippen LogP contribution < -0.4 is 4.90 Å². The Labute approximate surface area is 191 Å². The zero-order chi connectivity index (χ0) is 22.7. The quantitative estimate of drug-likeness (QED) is 0.390. The van der Waals surface area contributed by atoms with Crippen molar-refractivity contribution in [2.75, 3.05) is 25.3 Å². The van der Waals surface area contributed by atoms with Gasteiger partial charge in [-0.05, 0) is 44.5 Å². The van der Waals surface area contributed by atoms with E-state index >= 15 is 0 Å². The first-order chi connectivity index (χ1) is 15.5. The van der Waals surface area contributed by atoms with Crippen LogP contribution in [0.25, 0.3) is 6.08 Å². The molecule has 8 nitrogen and oxygen atoms in total. The number of benzene rings is 1. The molecule has 0 saturated carbocycles. The van der Waals surface area contributed by atoms with Crippen molar-refractivity contribution in [2.45, 2.75) is 37.2 Å². The number of nitrogens with zero attached hydrogens (tertiary/aromatic N) is 5. The Bertz CT molecular complexity index is 1170. The molecule has 9 heteroatoms. The standard InChI is InChI=1S/C23H25N5O3S/c1-5-31-23(29)15(2)10-18-16(3)26-13-27(18)12-17-6-7-20-19(11-17)28(14-30-4)21-22(32-20)25-9-8-24-21/h6-11,13H,5,12,14H2,1-4H3. The van der Waals surface area contributed by atoms with Gasteiger partial charge in [-0.15, -0.1) is 0 Å². The summed E-state index contributed by atoms with van der Waals surface area (Å²) in [4.78, 5) is 28.6. The third-order valence-corrected chi connectivity index (χ3v) is 6.10. The van der Waals surface area contributed by atoms with Crippen LogP contribution in [0.5, 0.6) is 0 Å². The van der Waals surface area contributed by atoms with E-state index in [1.54, 1.807) is 51.4 Å². The van der Waals surface area contributed by atoms with Crippen molar-refractivity contribution in [3.63, 3.8) is 0 Å². The zero-order valence-electron chi connectivity index (χ0n) is 18.5. The van der Waals surface area contributed by atoms with Gasteiger partial charge in [-0.3, -0.25) is 4.90 Å². The van der Waals surface area contributed by atoms with Crippen LogP contribution in [0.3, 0.4) is 0 Å². The van der Waals surface area contributed by atoms with Crippen LogP contribution in [-0.4, -0.2) is 45.9 Å². The van der Waals surface area contributed by atoms with Crippen LogP contribution in [0.1, 0.15) is 30.8 Å². The molecule has 0 atom stereocenters. The number of esters is 1. The van der Waals surface area contributed by atoms with Gasteiger partial charge in [0.2, 0.25) is 0 Å². The number of carbonyl (C=O) groups is 1. The first-order valence-electron chi connectivity index (χ1n) is 10.3. The van der Waals surface area contributed by atoms with Crippen molar-refractivity contribution < 1.29 is 14.3 Å².